The first-order chi connectivity index (χ1) is 9.69. The zero-order valence-corrected chi connectivity index (χ0v) is 12.8. The lowest BCUT2D eigenvalue weighted by Crippen LogP contribution is -2.04. The van der Waals surface area contributed by atoms with Crippen LogP contribution in [0.3, 0.4) is 0 Å². The Hall–Kier alpha value is -1.82. The predicted octanol–water partition coefficient (Wildman–Crippen LogP) is 5.73. The lowest BCUT2D eigenvalue weighted by molar-refractivity contribution is 0.647. The molecule has 0 fully saturated rings. The van der Waals surface area contributed by atoms with Crippen molar-refractivity contribution < 1.29 is 0 Å². The maximum atomic E-state index is 3.83. The van der Waals surface area contributed by atoms with Gasteiger partial charge in [-0.15, -0.1) is 0 Å². The molecule has 0 nitrogen and oxygen atoms in total. The second-order valence-corrected chi connectivity index (χ2v) is 5.49. The highest BCUT2D eigenvalue weighted by atomic mass is 14.3. The van der Waals surface area contributed by atoms with Crippen molar-refractivity contribution in [2.45, 2.75) is 33.6 Å². The summed E-state index contributed by atoms with van der Waals surface area (Å²) in [5.74, 6) is 0.520. The molecule has 0 spiro atoms. The minimum Gasteiger partial charge on any atom is -0.0991 e. The van der Waals surface area contributed by atoms with Crippen LogP contribution < -0.4 is 0 Å². The summed E-state index contributed by atoms with van der Waals surface area (Å²) in [4.78, 5) is 0. The van der Waals surface area contributed by atoms with Crippen molar-refractivity contribution in [3.8, 4) is 0 Å². The van der Waals surface area contributed by atoms with E-state index in [1.165, 1.54) is 34.3 Å². The van der Waals surface area contributed by atoms with E-state index in [4.69, 9.17) is 0 Å². The van der Waals surface area contributed by atoms with Gasteiger partial charge in [0.2, 0.25) is 0 Å². The lowest BCUT2D eigenvalue weighted by Gasteiger charge is -2.18. The normalized spacial score (nSPS) is 19.9. The average Bonchev–Trinajstić information content (AvgIpc) is 2.58. The summed E-state index contributed by atoms with van der Waals surface area (Å²) in [7, 11) is 0. The number of aryl methyl sites for hydroxylation is 1. The van der Waals surface area contributed by atoms with E-state index in [9.17, 15) is 0 Å². The molecule has 104 valence electrons. The molecule has 1 aromatic rings. The quantitative estimate of drug-likeness (QED) is 0.611. The molecule has 0 heteroatoms. The van der Waals surface area contributed by atoms with Crippen molar-refractivity contribution in [3.63, 3.8) is 0 Å². The Morgan fingerprint density at radius 1 is 1.30 bits per heavy atom. The maximum absolute atomic E-state index is 3.83. The molecule has 0 saturated carbocycles. The molecule has 0 N–H and O–H groups in total. The summed E-state index contributed by atoms with van der Waals surface area (Å²) in [6.45, 7) is 10.4. The van der Waals surface area contributed by atoms with Crippen LogP contribution in [0.15, 0.2) is 66.3 Å². The Labute approximate surface area is 123 Å². The fourth-order valence-electron chi connectivity index (χ4n) is 3.18. The Morgan fingerprint density at radius 2 is 2.05 bits per heavy atom. The highest BCUT2D eigenvalue weighted by Gasteiger charge is 2.21. The van der Waals surface area contributed by atoms with Crippen molar-refractivity contribution in [1.29, 1.82) is 0 Å². The van der Waals surface area contributed by atoms with Crippen molar-refractivity contribution in [1.82, 2.24) is 0 Å². The van der Waals surface area contributed by atoms with Crippen LogP contribution in [0.1, 0.15) is 38.3 Å². The van der Waals surface area contributed by atoms with E-state index >= 15 is 0 Å². The molecule has 0 aliphatic heterocycles. The van der Waals surface area contributed by atoms with E-state index in [0.29, 0.717) is 5.92 Å². The molecule has 0 radical (unpaired) electrons. The zero-order chi connectivity index (χ0) is 14.5. The van der Waals surface area contributed by atoms with E-state index in [2.05, 4.69) is 69.8 Å². The minimum absolute atomic E-state index is 0.520. The maximum Gasteiger partial charge on any atom is 0.00169 e. The molecule has 0 amide bonds. The van der Waals surface area contributed by atoms with Gasteiger partial charge < -0.3 is 0 Å². The topological polar surface area (TPSA) is 0 Å². The monoisotopic (exact) mass is 264 g/mol. The lowest BCUT2D eigenvalue weighted by atomic mass is 9.86. The van der Waals surface area contributed by atoms with Crippen molar-refractivity contribution >= 4 is 5.57 Å². The SMILES string of the molecule is C=CC=C(C)C1CCc2ccccc2C(C=CC)=C1C. The standard InChI is InChI=1S/C20H24/c1-5-9-15(3)18-14-13-17-11-7-8-12-20(17)19(10-6-2)16(18)4/h5-12,18H,1,13-14H2,2-4H3. The molecule has 1 aliphatic rings. The van der Waals surface area contributed by atoms with Gasteiger partial charge in [0.05, 0.1) is 0 Å². The number of allylic oxidation sites excluding steroid dienone is 7. The highest BCUT2D eigenvalue weighted by Crippen LogP contribution is 2.37. The number of rotatable bonds is 3. The van der Waals surface area contributed by atoms with Crippen LogP contribution in [-0.4, -0.2) is 0 Å². The van der Waals surface area contributed by atoms with Crippen LogP contribution in [0, 0.1) is 5.92 Å². The smallest absolute Gasteiger partial charge is 0.00169 e. The van der Waals surface area contributed by atoms with E-state index in [1.54, 1.807) is 0 Å². The molecule has 20 heavy (non-hydrogen) atoms. The van der Waals surface area contributed by atoms with Gasteiger partial charge in [-0.05, 0) is 50.3 Å². The molecule has 2 rings (SSSR count). The van der Waals surface area contributed by atoms with Crippen LogP contribution >= 0.6 is 0 Å². The Bertz CT molecular complexity index is 582. The first-order valence-corrected chi connectivity index (χ1v) is 7.40. The first-order valence-electron chi connectivity index (χ1n) is 7.40. The van der Waals surface area contributed by atoms with E-state index in [-0.39, 0.29) is 0 Å². The fourth-order valence-corrected chi connectivity index (χ4v) is 3.18. The molecule has 1 aromatic carbocycles. The summed E-state index contributed by atoms with van der Waals surface area (Å²) >= 11 is 0. The van der Waals surface area contributed by atoms with Crippen LogP contribution in [0.5, 0.6) is 0 Å². The van der Waals surface area contributed by atoms with Crippen molar-refractivity contribution in [2.75, 3.05) is 0 Å². The number of hydrogen-bond acceptors (Lipinski definition) is 0. The third kappa shape index (κ3) is 2.85. The van der Waals surface area contributed by atoms with Crippen LogP contribution in [0.25, 0.3) is 5.57 Å². The Kier molecular flexibility index (Phi) is 4.79. The molecular formula is C20H24. The Balaban J connectivity index is 2.58. The number of fused-ring (bicyclic) bond motifs is 1. The van der Waals surface area contributed by atoms with Gasteiger partial charge in [-0.2, -0.15) is 0 Å². The summed E-state index contributed by atoms with van der Waals surface area (Å²) in [5, 5.41) is 0. The minimum atomic E-state index is 0.520. The summed E-state index contributed by atoms with van der Waals surface area (Å²) in [6, 6.07) is 8.81. The third-order valence-corrected chi connectivity index (χ3v) is 4.22. The number of benzene rings is 1. The van der Waals surface area contributed by atoms with Gasteiger partial charge in [-0.25, -0.2) is 0 Å². The van der Waals surface area contributed by atoms with Crippen LogP contribution in [-0.2, 0) is 6.42 Å². The fraction of sp³-hybridized carbons (Fsp3) is 0.300. The van der Waals surface area contributed by atoms with Crippen molar-refractivity contribution in [2.24, 2.45) is 5.92 Å². The molecule has 0 saturated heterocycles. The summed E-state index contributed by atoms with van der Waals surface area (Å²) in [5.41, 5.74) is 7.14. The zero-order valence-electron chi connectivity index (χ0n) is 12.8. The second kappa shape index (κ2) is 6.56. The largest absolute Gasteiger partial charge is 0.0991 e. The highest BCUT2D eigenvalue weighted by molar-refractivity contribution is 5.79. The van der Waals surface area contributed by atoms with Gasteiger partial charge in [-0.1, -0.05) is 66.3 Å². The Morgan fingerprint density at radius 3 is 2.75 bits per heavy atom. The third-order valence-electron chi connectivity index (χ3n) is 4.22. The number of hydrogen-bond donors (Lipinski definition) is 0. The summed E-state index contributed by atoms with van der Waals surface area (Å²) in [6.07, 6.45) is 10.8. The molecule has 0 aromatic heterocycles. The van der Waals surface area contributed by atoms with Gasteiger partial charge in [0.1, 0.15) is 0 Å². The van der Waals surface area contributed by atoms with Gasteiger partial charge in [0.25, 0.3) is 0 Å². The van der Waals surface area contributed by atoms with E-state index in [0.717, 1.165) is 6.42 Å². The van der Waals surface area contributed by atoms with Gasteiger partial charge in [-0.3, -0.25) is 0 Å². The van der Waals surface area contributed by atoms with E-state index in [1.807, 2.05) is 6.08 Å². The van der Waals surface area contributed by atoms with Crippen LogP contribution in [0.4, 0.5) is 0 Å². The van der Waals surface area contributed by atoms with E-state index < -0.39 is 0 Å². The molecule has 1 aliphatic carbocycles. The molecule has 1 atom stereocenters. The van der Waals surface area contributed by atoms with Gasteiger partial charge in [0.15, 0.2) is 0 Å². The predicted molar refractivity (Wildman–Crippen MR) is 89.6 cm³/mol. The second-order valence-electron chi connectivity index (χ2n) is 5.49. The molecule has 0 heterocycles. The van der Waals surface area contributed by atoms with Crippen molar-refractivity contribution in [3.05, 3.63) is 77.4 Å². The molecule has 1 unspecified atom stereocenters. The first kappa shape index (κ1) is 14.6. The average molecular weight is 264 g/mol. The van der Waals surface area contributed by atoms with Gasteiger partial charge in [0, 0.05) is 5.92 Å². The summed E-state index contributed by atoms with van der Waals surface area (Å²) < 4.78 is 0. The molecular weight excluding hydrogens is 240 g/mol. The van der Waals surface area contributed by atoms with Gasteiger partial charge >= 0.3 is 0 Å². The molecule has 0 bridgehead atoms. The van der Waals surface area contributed by atoms with Crippen LogP contribution in [0.2, 0.25) is 0 Å².